The monoisotopic (exact) mass is 403 g/mol. The Kier molecular flexibility index (Phi) is 5.02. The lowest BCUT2D eigenvalue weighted by atomic mass is 9.81. The van der Waals surface area contributed by atoms with Gasteiger partial charge in [0.1, 0.15) is 11.4 Å². The van der Waals surface area contributed by atoms with Gasteiger partial charge in [-0.3, -0.25) is 0 Å². The second-order valence-electron chi connectivity index (χ2n) is 8.94. The number of piperidine rings is 1. The summed E-state index contributed by atoms with van der Waals surface area (Å²) in [7, 11) is 0. The van der Waals surface area contributed by atoms with Gasteiger partial charge < -0.3 is 19.8 Å². The quantitative estimate of drug-likeness (QED) is 0.675. The SMILES string of the molecule is Cc1ccc([C@H](O)CN2CCC3(CC2)C[C@H](O)c2ccc4ccccc4c2O3)cc1. The predicted octanol–water partition coefficient (Wildman–Crippen LogP) is 4.53. The van der Waals surface area contributed by atoms with Gasteiger partial charge in [-0.15, -0.1) is 0 Å². The third-order valence-electron chi connectivity index (χ3n) is 6.81. The molecule has 30 heavy (non-hydrogen) atoms. The van der Waals surface area contributed by atoms with Crippen molar-refractivity contribution in [2.24, 2.45) is 0 Å². The number of aliphatic hydroxyl groups excluding tert-OH is 2. The molecule has 4 nitrogen and oxygen atoms in total. The number of nitrogens with zero attached hydrogens (tertiary/aromatic N) is 1. The third-order valence-corrected chi connectivity index (χ3v) is 6.81. The molecule has 2 heterocycles. The molecule has 0 bridgehead atoms. The van der Waals surface area contributed by atoms with Crippen LogP contribution >= 0.6 is 0 Å². The number of benzene rings is 3. The summed E-state index contributed by atoms with van der Waals surface area (Å²) in [6.07, 6.45) is 1.36. The van der Waals surface area contributed by atoms with E-state index in [1.807, 2.05) is 42.5 Å². The molecule has 4 heteroatoms. The summed E-state index contributed by atoms with van der Waals surface area (Å²) < 4.78 is 6.65. The van der Waals surface area contributed by atoms with Gasteiger partial charge >= 0.3 is 0 Å². The van der Waals surface area contributed by atoms with Gasteiger partial charge in [0.25, 0.3) is 0 Å². The average molecular weight is 404 g/mol. The molecule has 5 rings (SSSR count). The van der Waals surface area contributed by atoms with Crippen molar-refractivity contribution in [3.8, 4) is 5.75 Å². The summed E-state index contributed by atoms with van der Waals surface area (Å²) in [5, 5.41) is 23.7. The van der Waals surface area contributed by atoms with Gasteiger partial charge in [0.2, 0.25) is 0 Å². The van der Waals surface area contributed by atoms with E-state index in [2.05, 4.69) is 30.0 Å². The Morgan fingerprint density at radius 3 is 2.53 bits per heavy atom. The maximum Gasteiger partial charge on any atom is 0.133 e. The first-order chi connectivity index (χ1) is 14.5. The molecule has 1 fully saturated rings. The van der Waals surface area contributed by atoms with E-state index in [0.717, 1.165) is 53.6 Å². The van der Waals surface area contributed by atoms with Gasteiger partial charge in [-0.2, -0.15) is 0 Å². The smallest absolute Gasteiger partial charge is 0.133 e. The normalized spacial score (nSPS) is 21.9. The first-order valence-electron chi connectivity index (χ1n) is 10.9. The molecule has 2 atom stereocenters. The van der Waals surface area contributed by atoms with Gasteiger partial charge in [0.15, 0.2) is 0 Å². The second kappa shape index (κ2) is 7.69. The van der Waals surface area contributed by atoms with Crippen LogP contribution in [0.15, 0.2) is 60.7 Å². The minimum Gasteiger partial charge on any atom is -0.486 e. The van der Waals surface area contributed by atoms with Gasteiger partial charge in [-0.1, -0.05) is 66.2 Å². The number of rotatable bonds is 3. The van der Waals surface area contributed by atoms with E-state index < -0.39 is 12.2 Å². The molecule has 0 radical (unpaired) electrons. The molecular formula is C26H29NO3. The average Bonchev–Trinajstić information content (AvgIpc) is 2.76. The van der Waals surface area contributed by atoms with E-state index >= 15 is 0 Å². The van der Waals surface area contributed by atoms with Crippen molar-refractivity contribution in [1.29, 1.82) is 0 Å². The molecule has 3 aromatic rings. The van der Waals surface area contributed by atoms with Crippen LogP contribution < -0.4 is 4.74 Å². The minimum atomic E-state index is -0.497. The third kappa shape index (κ3) is 3.60. The zero-order valence-electron chi connectivity index (χ0n) is 17.4. The van der Waals surface area contributed by atoms with Crippen LogP contribution in [0.2, 0.25) is 0 Å². The number of β-amino-alcohol motifs (C(OH)–C–C–N with tert-alkyl or cyclic N) is 1. The highest BCUT2D eigenvalue weighted by Gasteiger charge is 2.43. The molecule has 156 valence electrons. The maximum absolute atomic E-state index is 10.9. The lowest BCUT2D eigenvalue weighted by Crippen LogP contribution is -2.51. The van der Waals surface area contributed by atoms with Crippen LogP contribution in [0.4, 0.5) is 0 Å². The van der Waals surface area contributed by atoms with Crippen LogP contribution in [0, 0.1) is 6.92 Å². The minimum absolute atomic E-state index is 0.331. The number of hydrogen-bond donors (Lipinski definition) is 2. The highest BCUT2D eigenvalue weighted by atomic mass is 16.5. The Labute approximate surface area is 177 Å². The summed E-state index contributed by atoms with van der Waals surface area (Å²) >= 11 is 0. The largest absolute Gasteiger partial charge is 0.486 e. The molecular weight excluding hydrogens is 374 g/mol. The van der Waals surface area contributed by atoms with E-state index in [4.69, 9.17) is 4.74 Å². The molecule has 0 aliphatic carbocycles. The molecule has 3 aromatic carbocycles. The zero-order chi connectivity index (χ0) is 20.7. The Bertz CT molecular complexity index is 1040. The summed E-state index contributed by atoms with van der Waals surface area (Å²) in [6, 6.07) is 20.4. The molecule has 2 aliphatic rings. The van der Waals surface area contributed by atoms with Crippen molar-refractivity contribution in [1.82, 2.24) is 4.90 Å². The Morgan fingerprint density at radius 2 is 1.77 bits per heavy atom. The van der Waals surface area contributed by atoms with Crippen LogP contribution in [0.3, 0.4) is 0 Å². The van der Waals surface area contributed by atoms with Crippen LogP contribution in [0.1, 0.15) is 48.2 Å². The highest BCUT2D eigenvalue weighted by Crippen LogP contribution is 2.47. The number of likely N-dealkylation sites (tertiary alicyclic amines) is 1. The fourth-order valence-corrected chi connectivity index (χ4v) is 4.94. The van der Waals surface area contributed by atoms with Crippen molar-refractivity contribution in [2.45, 2.75) is 44.0 Å². The summed E-state index contributed by atoms with van der Waals surface area (Å²) in [5.74, 6) is 0.847. The van der Waals surface area contributed by atoms with Crippen LogP contribution in [-0.2, 0) is 0 Å². The molecule has 0 unspecified atom stereocenters. The van der Waals surface area contributed by atoms with Gasteiger partial charge in [-0.05, 0) is 30.7 Å². The number of ether oxygens (including phenoxy) is 1. The van der Waals surface area contributed by atoms with Crippen molar-refractivity contribution < 1.29 is 14.9 Å². The van der Waals surface area contributed by atoms with Gasteiger partial charge in [0, 0.05) is 37.0 Å². The van der Waals surface area contributed by atoms with Crippen LogP contribution in [0.5, 0.6) is 5.75 Å². The van der Waals surface area contributed by atoms with E-state index in [-0.39, 0.29) is 5.60 Å². The number of fused-ring (bicyclic) bond motifs is 3. The van der Waals surface area contributed by atoms with Gasteiger partial charge in [-0.25, -0.2) is 0 Å². The number of hydrogen-bond acceptors (Lipinski definition) is 4. The topological polar surface area (TPSA) is 52.9 Å². The molecule has 1 saturated heterocycles. The van der Waals surface area contributed by atoms with E-state index in [1.165, 1.54) is 5.56 Å². The number of aryl methyl sites for hydroxylation is 1. The fourth-order valence-electron chi connectivity index (χ4n) is 4.94. The Morgan fingerprint density at radius 1 is 1.03 bits per heavy atom. The zero-order valence-corrected chi connectivity index (χ0v) is 17.4. The summed E-state index contributed by atoms with van der Waals surface area (Å²) in [6.45, 7) is 4.40. The standard InChI is InChI=1S/C26H29NO3/c1-18-6-8-20(9-7-18)24(29)17-27-14-12-26(13-15-27)16-23(28)22-11-10-19-4-2-3-5-21(19)25(22)30-26/h2-11,23-24,28-29H,12-17H2,1H3/t23-,24+/m0/s1. The number of aliphatic hydroxyl groups is 2. The van der Waals surface area contributed by atoms with Gasteiger partial charge in [0.05, 0.1) is 12.2 Å². The lowest BCUT2D eigenvalue weighted by molar-refractivity contribution is -0.0577. The Balaban J connectivity index is 1.30. The highest BCUT2D eigenvalue weighted by molar-refractivity contribution is 5.90. The summed E-state index contributed by atoms with van der Waals surface area (Å²) in [5.41, 5.74) is 2.73. The predicted molar refractivity (Wildman–Crippen MR) is 119 cm³/mol. The fraction of sp³-hybridized carbons (Fsp3) is 0.385. The lowest BCUT2D eigenvalue weighted by Gasteiger charge is -2.46. The van der Waals surface area contributed by atoms with E-state index in [1.54, 1.807) is 0 Å². The van der Waals surface area contributed by atoms with E-state index in [0.29, 0.717) is 13.0 Å². The second-order valence-corrected chi connectivity index (χ2v) is 8.94. The molecule has 0 saturated carbocycles. The first kappa shape index (κ1) is 19.6. The molecule has 2 aliphatic heterocycles. The van der Waals surface area contributed by atoms with Crippen molar-refractivity contribution in [3.05, 3.63) is 77.4 Å². The molecule has 0 aromatic heterocycles. The summed E-state index contributed by atoms with van der Waals surface area (Å²) in [4.78, 5) is 2.31. The maximum atomic E-state index is 10.9. The molecule has 1 spiro atoms. The van der Waals surface area contributed by atoms with Crippen LogP contribution in [0.25, 0.3) is 10.8 Å². The van der Waals surface area contributed by atoms with E-state index in [9.17, 15) is 10.2 Å². The molecule has 2 N–H and O–H groups in total. The molecule has 0 amide bonds. The van der Waals surface area contributed by atoms with Crippen molar-refractivity contribution >= 4 is 10.8 Å². The Hall–Kier alpha value is -2.40. The first-order valence-corrected chi connectivity index (χ1v) is 10.9. The van der Waals surface area contributed by atoms with Crippen molar-refractivity contribution in [3.63, 3.8) is 0 Å². The van der Waals surface area contributed by atoms with Crippen molar-refractivity contribution in [2.75, 3.05) is 19.6 Å². The van der Waals surface area contributed by atoms with Crippen LogP contribution in [-0.4, -0.2) is 40.3 Å².